The zero-order valence-corrected chi connectivity index (χ0v) is 20.9. The van der Waals surface area contributed by atoms with Gasteiger partial charge < -0.3 is 33.3 Å². The Bertz CT molecular complexity index is 936. The molecule has 0 aliphatic carbocycles. The Balaban J connectivity index is 0. The van der Waals surface area contributed by atoms with Crippen LogP contribution in [0.3, 0.4) is 0 Å². The van der Waals surface area contributed by atoms with Crippen LogP contribution in [-0.4, -0.2) is 46.2 Å². The Hall–Kier alpha value is -1.23. The number of aromatic amines is 1. The SMILES string of the molecule is C1CCOC1.Fc1c(Cl)ccc2cc[nH]c12.O=[N+]([O-])c1cccc(Cl)c1F.[Br-].[CH-]=C.[Mg+2]. The first-order valence-electron chi connectivity index (χ1n) is 8.40. The largest absolute Gasteiger partial charge is 2.00 e. The third kappa shape index (κ3) is 10.3. The summed E-state index contributed by atoms with van der Waals surface area (Å²) < 4.78 is 30.7. The minimum absolute atomic E-state index is 0. The van der Waals surface area contributed by atoms with E-state index in [1.54, 1.807) is 24.4 Å². The third-order valence-electron chi connectivity index (χ3n) is 3.57. The van der Waals surface area contributed by atoms with Crippen LogP contribution < -0.4 is 17.0 Å². The second-order valence-electron chi connectivity index (χ2n) is 5.45. The number of nitro benzene ring substituents is 1. The summed E-state index contributed by atoms with van der Waals surface area (Å²) in [5, 5.41) is 10.8. The molecule has 1 aliphatic rings. The molecule has 0 saturated carbocycles. The minimum atomic E-state index is -0.987. The van der Waals surface area contributed by atoms with E-state index in [4.69, 9.17) is 27.9 Å². The number of nitro groups is 1. The predicted molar refractivity (Wildman–Crippen MR) is 117 cm³/mol. The molecule has 0 bridgehead atoms. The molecule has 0 amide bonds. The van der Waals surface area contributed by atoms with Gasteiger partial charge in [0.05, 0.1) is 20.5 Å². The van der Waals surface area contributed by atoms with Gasteiger partial charge in [-0.15, -0.1) is 0 Å². The summed E-state index contributed by atoms with van der Waals surface area (Å²) in [6, 6.07) is 8.76. The molecule has 2 heterocycles. The number of nitrogens with one attached hydrogen (secondary N) is 1. The van der Waals surface area contributed by atoms with Crippen molar-refractivity contribution < 1.29 is 35.4 Å². The summed E-state index contributed by atoms with van der Waals surface area (Å²) in [4.78, 5) is 12.0. The smallest absolute Gasteiger partial charge is 1.00 e. The molecule has 0 unspecified atom stereocenters. The molecule has 1 N–H and O–H groups in total. The first-order valence-corrected chi connectivity index (χ1v) is 9.15. The molecule has 0 spiro atoms. The molecule has 1 saturated heterocycles. The zero-order chi connectivity index (χ0) is 21.8. The first-order chi connectivity index (χ1) is 13.9. The Morgan fingerprint density at radius 1 is 1.03 bits per heavy atom. The monoisotopic (exact) mass is 546 g/mol. The van der Waals surface area contributed by atoms with E-state index in [1.165, 1.54) is 25.0 Å². The number of nitrogens with zero attached hydrogens (tertiary/aromatic N) is 1. The summed E-state index contributed by atoms with van der Waals surface area (Å²) in [5.74, 6) is -1.37. The predicted octanol–water partition coefficient (Wildman–Crippen LogP) is 3.37. The van der Waals surface area contributed by atoms with Gasteiger partial charge in [-0.2, -0.15) is 4.39 Å². The Morgan fingerprint density at radius 2 is 1.61 bits per heavy atom. The second-order valence-corrected chi connectivity index (χ2v) is 6.27. The minimum Gasteiger partial charge on any atom is -1.00 e. The molecular formula is C20H19BrCl2F2MgN2O3. The summed E-state index contributed by atoms with van der Waals surface area (Å²) in [6.07, 6.45) is 4.24. The van der Waals surface area contributed by atoms with E-state index in [0.29, 0.717) is 5.52 Å². The maximum atomic E-state index is 13.1. The van der Waals surface area contributed by atoms with E-state index in [-0.39, 0.29) is 55.9 Å². The van der Waals surface area contributed by atoms with Gasteiger partial charge in [-0.25, -0.2) is 4.39 Å². The van der Waals surface area contributed by atoms with Crippen molar-refractivity contribution in [3.8, 4) is 0 Å². The van der Waals surface area contributed by atoms with Gasteiger partial charge >= 0.3 is 28.7 Å². The van der Waals surface area contributed by atoms with Crippen LogP contribution in [0.5, 0.6) is 0 Å². The fourth-order valence-electron chi connectivity index (χ4n) is 2.21. The van der Waals surface area contributed by atoms with Gasteiger partial charge in [-0.3, -0.25) is 16.7 Å². The van der Waals surface area contributed by atoms with E-state index in [9.17, 15) is 18.9 Å². The number of hydrogen-bond donors (Lipinski definition) is 1. The maximum absolute atomic E-state index is 13.1. The van der Waals surface area contributed by atoms with Gasteiger partial charge in [0, 0.05) is 30.9 Å². The van der Waals surface area contributed by atoms with Crippen LogP contribution in [0, 0.1) is 28.3 Å². The van der Waals surface area contributed by atoms with Crippen molar-refractivity contribution in [1.29, 1.82) is 0 Å². The maximum Gasteiger partial charge on any atom is 2.00 e. The van der Waals surface area contributed by atoms with Crippen LogP contribution >= 0.6 is 23.2 Å². The molecular weight excluding hydrogens is 529 g/mol. The van der Waals surface area contributed by atoms with Crippen LogP contribution in [0.4, 0.5) is 14.5 Å². The molecule has 1 aromatic heterocycles. The fourth-order valence-corrected chi connectivity index (χ4v) is 2.54. The average molecular weight is 548 g/mol. The summed E-state index contributed by atoms with van der Waals surface area (Å²) in [6.45, 7) is 9.00. The first kappa shape index (κ1) is 31.9. The van der Waals surface area contributed by atoms with Crippen LogP contribution in [0.15, 0.2) is 49.2 Å². The number of rotatable bonds is 1. The van der Waals surface area contributed by atoms with Crippen molar-refractivity contribution in [2.75, 3.05) is 13.2 Å². The molecule has 0 atom stereocenters. The molecule has 3 aromatic rings. The number of halogens is 5. The standard InChI is InChI=1S/C8H5ClFN.C6H3ClFNO2.C4H8O.C2H3.BrH.Mg/c9-6-2-1-5-3-4-11-8(5)7(6)10;7-4-2-1-3-5(6(4)8)9(10)11;1-2-4-5-3-1;1-2;;/h1-4,11H;1-3H;1-4H2;1H,2H2;1H;/q;;;-1;;+2/p-1. The topological polar surface area (TPSA) is 68.2 Å². The van der Waals surface area contributed by atoms with Gasteiger partial charge in [0.25, 0.3) is 0 Å². The van der Waals surface area contributed by atoms with Crippen LogP contribution in [0.25, 0.3) is 10.9 Å². The number of fused-ring (bicyclic) bond motifs is 1. The third-order valence-corrected chi connectivity index (χ3v) is 4.16. The van der Waals surface area contributed by atoms with E-state index >= 15 is 0 Å². The quantitative estimate of drug-likeness (QED) is 0.220. The summed E-state index contributed by atoms with van der Waals surface area (Å²) in [5.41, 5.74) is -0.130. The molecule has 164 valence electrons. The van der Waals surface area contributed by atoms with Crippen molar-refractivity contribution in [3.05, 3.63) is 87.5 Å². The van der Waals surface area contributed by atoms with E-state index < -0.39 is 16.4 Å². The molecule has 1 fully saturated rings. The van der Waals surface area contributed by atoms with Gasteiger partial charge in [0.15, 0.2) is 5.82 Å². The van der Waals surface area contributed by atoms with E-state index in [2.05, 4.69) is 18.1 Å². The summed E-state index contributed by atoms with van der Waals surface area (Å²) in [7, 11) is 0. The van der Waals surface area contributed by atoms with Gasteiger partial charge in [-0.1, -0.05) is 35.3 Å². The van der Waals surface area contributed by atoms with E-state index in [1.807, 2.05) is 0 Å². The molecule has 4 rings (SSSR count). The second kappa shape index (κ2) is 17.3. The Morgan fingerprint density at radius 3 is 2.10 bits per heavy atom. The zero-order valence-electron chi connectivity index (χ0n) is 16.4. The molecule has 5 nitrogen and oxygen atoms in total. The molecule has 11 heteroatoms. The van der Waals surface area contributed by atoms with Gasteiger partial charge in [0.2, 0.25) is 5.82 Å². The molecule has 1 aliphatic heterocycles. The van der Waals surface area contributed by atoms with Crippen molar-refractivity contribution in [1.82, 2.24) is 4.98 Å². The van der Waals surface area contributed by atoms with E-state index in [0.717, 1.165) is 24.7 Å². The number of ether oxygens (including phenoxy) is 1. The molecule has 0 radical (unpaired) electrons. The van der Waals surface area contributed by atoms with Crippen molar-refractivity contribution in [2.45, 2.75) is 12.8 Å². The number of H-pyrrole nitrogens is 1. The van der Waals surface area contributed by atoms with Gasteiger partial charge in [-0.05, 0) is 31.0 Å². The van der Waals surface area contributed by atoms with Crippen LogP contribution in [0.2, 0.25) is 10.0 Å². The van der Waals surface area contributed by atoms with Gasteiger partial charge in [0.1, 0.15) is 0 Å². The van der Waals surface area contributed by atoms with Crippen LogP contribution in [-0.2, 0) is 4.74 Å². The number of aromatic nitrogens is 1. The number of benzene rings is 2. The molecule has 2 aromatic carbocycles. The van der Waals surface area contributed by atoms with Crippen molar-refractivity contribution in [3.63, 3.8) is 0 Å². The number of hydrogen-bond acceptors (Lipinski definition) is 3. The van der Waals surface area contributed by atoms with Crippen molar-refractivity contribution >= 4 is 62.8 Å². The fraction of sp³-hybridized carbons (Fsp3) is 0.200. The summed E-state index contributed by atoms with van der Waals surface area (Å²) >= 11 is 10.8. The normalized spacial score (nSPS) is 11.2. The molecule has 31 heavy (non-hydrogen) atoms. The average Bonchev–Trinajstić information content (AvgIpc) is 3.44. The Kier molecular flexibility index (Phi) is 17.9. The Labute approximate surface area is 215 Å². The van der Waals surface area contributed by atoms with Crippen LogP contribution in [0.1, 0.15) is 12.8 Å². The van der Waals surface area contributed by atoms with Crippen molar-refractivity contribution in [2.24, 2.45) is 0 Å².